The number of ether oxygens (including phenoxy) is 1. The van der Waals surface area contributed by atoms with Gasteiger partial charge >= 0.3 is 5.97 Å². The van der Waals surface area contributed by atoms with Crippen LogP contribution in [0.3, 0.4) is 0 Å². The van der Waals surface area contributed by atoms with E-state index in [4.69, 9.17) is 16.7 Å². The third-order valence-electron chi connectivity index (χ3n) is 1.35. The molecule has 68 valence electrons. The monoisotopic (exact) mass is 200 g/mol. The number of carboxylic acid groups (broad SMARTS) is 1. The molecular weight excluding hydrogens is 196 g/mol. The van der Waals surface area contributed by atoms with Crippen molar-refractivity contribution in [3.05, 3.63) is 28.8 Å². The second kappa shape index (κ2) is 3.91. The Morgan fingerprint density at radius 1 is 1.54 bits per heavy atom. The van der Waals surface area contributed by atoms with E-state index in [0.29, 0.717) is 0 Å². The summed E-state index contributed by atoms with van der Waals surface area (Å²) in [5.41, 5.74) is -0.139. The third-order valence-corrected chi connectivity index (χ3v) is 1.58. The highest BCUT2D eigenvalue weighted by Crippen LogP contribution is 2.22. The standard InChI is InChI=1S/C8H5ClO4/c9-5-1-2-7(13-4-10)6(3-5)8(11)12/h1-4H,(H,11,12). The van der Waals surface area contributed by atoms with Crippen LogP contribution in [0.1, 0.15) is 10.4 Å². The molecule has 0 aliphatic rings. The van der Waals surface area contributed by atoms with Crippen molar-refractivity contribution in [1.82, 2.24) is 0 Å². The Hall–Kier alpha value is -1.55. The van der Waals surface area contributed by atoms with Gasteiger partial charge in [-0.25, -0.2) is 4.79 Å². The van der Waals surface area contributed by atoms with Crippen LogP contribution in [0.15, 0.2) is 18.2 Å². The Balaban J connectivity index is 3.17. The maximum Gasteiger partial charge on any atom is 0.339 e. The largest absolute Gasteiger partial charge is 0.478 e. The third kappa shape index (κ3) is 2.19. The molecular formula is C8H5ClO4. The molecule has 1 aromatic rings. The van der Waals surface area contributed by atoms with E-state index in [1.807, 2.05) is 0 Å². The predicted octanol–water partition coefficient (Wildman–Crippen LogP) is 1.57. The lowest BCUT2D eigenvalue weighted by atomic mass is 10.2. The van der Waals surface area contributed by atoms with Crippen molar-refractivity contribution < 1.29 is 19.4 Å². The van der Waals surface area contributed by atoms with Crippen LogP contribution in [-0.2, 0) is 4.79 Å². The maximum absolute atomic E-state index is 10.6. The molecule has 0 atom stereocenters. The van der Waals surface area contributed by atoms with E-state index < -0.39 is 5.97 Å². The molecule has 0 amide bonds. The Morgan fingerprint density at radius 2 is 2.23 bits per heavy atom. The summed E-state index contributed by atoms with van der Waals surface area (Å²) in [5, 5.41) is 8.94. The zero-order valence-electron chi connectivity index (χ0n) is 6.36. The summed E-state index contributed by atoms with van der Waals surface area (Å²) in [6, 6.07) is 3.97. The van der Waals surface area contributed by atoms with Gasteiger partial charge in [-0.2, -0.15) is 0 Å². The number of carboxylic acids is 1. The fraction of sp³-hybridized carbons (Fsp3) is 0. The van der Waals surface area contributed by atoms with Crippen LogP contribution in [0.25, 0.3) is 0 Å². The first kappa shape index (κ1) is 9.54. The van der Waals surface area contributed by atoms with Crippen molar-refractivity contribution in [2.24, 2.45) is 0 Å². The number of aromatic carboxylic acids is 1. The van der Waals surface area contributed by atoms with E-state index in [-0.39, 0.29) is 22.8 Å². The second-order valence-electron chi connectivity index (χ2n) is 2.16. The Kier molecular flexibility index (Phi) is 2.87. The maximum atomic E-state index is 10.6. The first-order valence-electron chi connectivity index (χ1n) is 3.28. The van der Waals surface area contributed by atoms with Crippen LogP contribution in [0.5, 0.6) is 5.75 Å². The highest BCUT2D eigenvalue weighted by Gasteiger charge is 2.11. The lowest BCUT2D eigenvalue weighted by Gasteiger charge is -2.02. The number of rotatable bonds is 3. The number of benzene rings is 1. The molecule has 1 rings (SSSR count). The number of halogens is 1. The van der Waals surface area contributed by atoms with E-state index in [9.17, 15) is 9.59 Å². The van der Waals surface area contributed by atoms with Gasteiger partial charge in [0.2, 0.25) is 0 Å². The summed E-state index contributed by atoms with van der Waals surface area (Å²) in [6.07, 6.45) is 0. The normalized spacial score (nSPS) is 9.31. The quantitative estimate of drug-likeness (QED) is 0.753. The molecule has 0 saturated heterocycles. The minimum absolute atomic E-state index is 0.0214. The summed E-state index contributed by atoms with van der Waals surface area (Å²) in [4.78, 5) is 20.6. The first-order chi connectivity index (χ1) is 6.15. The summed E-state index contributed by atoms with van der Waals surface area (Å²) in [6.45, 7) is 0.162. The molecule has 0 fully saturated rings. The van der Waals surface area contributed by atoms with Gasteiger partial charge < -0.3 is 9.84 Å². The zero-order chi connectivity index (χ0) is 9.84. The molecule has 13 heavy (non-hydrogen) atoms. The number of carbonyl (C=O) groups excluding carboxylic acids is 1. The minimum Gasteiger partial charge on any atom is -0.478 e. The van der Waals surface area contributed by atoms with E-state index in [2.05, 4.69) is 4.74 Å². The van der Waals surface area contributed by atoms with Crippen molar-refractivity contribution in [3.63, 3.8) is 0 Å². The molecule has 0 bridgehead atoms. The molecule has 0 spiro atoms. The lowest BCUT2D eigenvalue weighted by molar-refractivity contribution is -0.120. The van der Waals surface area contributed by atoms with Crippen LogP contribution in [0, 0.1) is 0 Å². The number of hydrogen-bond donors (Lipinski definition) is 1. The Bertz CT molecular complexity index is 348. The van der Waals surface area contributed by atoms with Crippen molar-refractivity contribution in [1.29, 1.82) is 0 Å². The minimum atomic E-state index is -1.20. The Labute approximate surface area is 78.7 Å². The molecule has 0 saturated carbocycles. The van der Waals surface area contributed by atoms with Gasteiger partial charge in [0.05, 0.1) is 0 Å². The van der Waals surface area contributed by atoms with Crippen LogP contribution in [0.2, 0.25) is 5.02 Å². The number of carbonyl (C=O) groups is 2. The van der Waals surface area contributed by atoms with E-state index >= 15 is 0 Å². The van der Waals surface area contributed by atoms with Crippen LogP contribution >= 0.6 is 11.6 Å². The molecule has 1 N–H and O–H groups in total. The molecule has 0 aliphatic heterocycles. The van der Waals surface area contributed by atoms with Gasteiger partial charge in [-0.15, -0.1) is 0 Å². The van der Waals surface area contributed by atoms with Gasteiger partial charge in [0.25, 0.3) is 6.47 Å². The summed E-state index contributed by atoms with van der Waals surface area (Å²) in [7, 11) is 0. The highest BCUT2D eigenvalue weighted by molar-refractivity contribution is 6.31. The SMILES string of the molecule is O=COc1ccc(Cl)cc1C(=O)O. The van der Waals surface area contributed by atoms with Crippen LogP contribution in [0.4, 0.5) is 0 Å². The summed E-state index contributed by atoms with van der Waals surface area (Å²) in [5.74, 6) is -1.22. The molecule has 0 aromatic heterocycles. The van der Waals surface area contributed by atoms with Crippen molar-refractivity contribution in [2.45, 2.75) is 0 Å². The van der Waals surface area contributed by atoms with E-state index in [1.54, 1.807) is 0 Å². The first-order valence-corrected chi connectivity index (χ1v) is 3.66. The van der Waals surface area contributed by atoms with Gasteiger partial charge in [0.1, 0.15) is 11.3 Å². The fourth-order valence-electron chi connectivity index (χ4n) is 0.824. The average Bonchev–Trinajstić information content (AvgIpc) is 2.08. The molecule has 1 aromatic carbocycles. The zero-order valence-corrected chi connectivity index (χ0v) is 7.12. The van der Waals surface area contributed by atoms with Gasteiger partial charge in [-0.05, 0) is 18.2 Å². The van der Waals surface area contributed by atoms with Gasteiger partial charge in [-0.1, -0.05) is 11.6 Å². The van der Waals surface area contributed by atoms with Crippen LogP contribution in [-0.4, -0.2) is 17.5 Å². The smallest absolute Gasteiger partial charge is 0.339 e. The number of hydrogen-bond acceptors (Lipinski definition) is 3. The summed E-state index contributed by atoms with van der Waals surface area (Å²) < 4.78 is 4.43. The van der Waals surface area contributed by atoms with Crippen LogP contribution < -0.4 is 4.74 Å². The average molecular weight is 201 g/mol. The van der Waals surface area contributed by atoms with Crippen molar-refractivity contribution in [3.8, 4) is 5.75 Å². The molecule has 0 aliphatic carbocycles. The van der Waals surface area contributed by atoms with Crippen molar-refractivity contribution >= 4 is 24.0 Å². The van der Waals surface area contributed by atoms with Gasteiger partial charge in [-0.3, -0.25) is 4.79 Å². The van der Waals surface area contributed by atoms with E-state index in [0.717, 1.165) is 0 Å². The van der Waals surface area contributed by atoms with Gasteiger partial charge in [0, 0.05) is 5.02 Å². The molecule has 5 heteroatoms. The van der Waals surface area contributed by atoms with Gasteiger partial charge in [0.15, 0.2) is 0 Å². The summed E-state index contributed by atoms with van der Waals surface area (Å²) >= 11 is 5.55. The molecule has 4 nitrogen and oxygen atoms in total. The van der Waals surface area contributed by atoms with Crippen molar-refractivity contribution in [2.75, 3.05) is 0 Å². The second-order valence-corrected chi connectivity index (χ2v) is 2.60. The lowest BCUT2D eigenvalue weighted by Crippen LogP contribution is -2.01. The highest BCUT2D eigenvalue weighted by atomic mass is 35.5. The predicted molar refractivity (Wildman–Crippen MR) is 45.1 cm³/mol. The Morgan fingerprint density at radius 3 is 2.77 bits per heavy atom. The van der Waals surface area contributed by atoms with E-state index in [1.165, 1.54) is 18.2 Å². The molecule has 0 radical (unpaired) electrons. The molecule has 0 unspecified atom stereocenters. The fourth-order valence-corrected chi connectivity index (χ4v) is 0.996. The topological polar surface area (TPSA) is 63.6 Å². The molecule has 0 heterocycles.